The van der Waals surface area contributed by atoms with Crippen LogP contribution in [0.2, 0.25) is 0 Å². The third kappa shape index (κ3) is 4.61. The summed E-state index contributed by atoms with van der Waals surface area (Å²) in [5, 5.41) is 1.21. The number of nitrogens with zero attached hydrogens (tertiary/aromatic N) is 1. The molecule has 1 aliphatic heterocycles. The number of halogens is 1. The van der Waals surface area contributed by atoms with Crippen LogP contribution in [-0.4, -0.2) is 0 Å². The lowest BCUT2D eigenvalue weighted by molar-refractivity contribution is 0.595. The number of furan rings is 1. The Labute approximate surface area is 280 Å². The molecule has 232 valence electrons. The number of benzene rings is 6. The van der Waals surface area contributed by atoms with Crippen molar-refractivity contribution in [2.45, 2.75) is 32.1 Å². The number of hydrogen-bond donors (Lipinski definition) is 0. The lowest BCUT2D eigenvalue weighted by Gasteiger charge is -2.42. The number of aryl methyl sites for hydroxylation is 1. The monoisotopic (exact) mass is 623 g/mol. The molecular formula is C45H34FNO. The van der Waals surface area contributed by atoms with Crippen LogP contribution in [0.3, 0.4) is 0 Å². The van der Waals surface area contributed by atoms with Crippen LogP contribution in [-0.2, 0) is 11.8 Å². The first-order valence-electron chi connectivity index (χ1n) is 16.7. The summed E-state index contributed by atoms with van der Waals surface area (Å²) < 4.78 is 21.0. The van der Waals surface area contributed by atoms with Gasteiger partial charge in [-0.15, -0.1) is 0 Å². The van der Waals surface area contributed by atoms with E-state index in [4.69, 9.17) is 4.42 Å². The average molecular weight is 624 g/mol. The highest BCUT2D eigenvalue weighted by Gasteiger charge is 2.37. The number of rotatable bonds is 4. The minimum Gasteiger partial charge on any atom is -0.456 e. The fourth-order valence-electron chi connectivity index (χ4n) is 7.66. The number of allylic oxidation sites excluding steroid dienone is 1. The third-order valence-corrected chi connectivity index (χ3v) is 10.2. The quantitative estimate of drug-likeness (QED) is 0.194. The zero-order valence-corrected chi connectivity index (χ0v) is 27.0. The molecule has 0 atom stereocenters. The molecule has 2 heterocycles. The van der Waals surface area contributed by atoms with E-state index in [0.717, 1.165) is 63.5 Å². The van der Waals surface area contributed by atoms with Crippen LogP contribution >= 0.6 is 0 Å². The van der Waals surface area contributed by atoms with Crippen LogP contribution in [0.5, 0.6) is 0 Å². The van der Waals surface area contributed by atoms with E-state index in [1.165, 1.54) is 33.2 Å². The summed E-state index contributed by atoms with van der Waals surface area (Å²) in [5.74, 6) is 0.767. The van der Waals surface area contributed by atoms with Crippen molar-refractivity contribution < 1.29 is 8.81 Å². The van der Waals surface area contributed by atoms with E-state index >= 15 is 0 Å². The van der Waals surface area contributed by atoms with Gasteiger partial charge in [-0.05, 0) is 124 Å². The van der Waals surface area contributed by atoms with Gasteiger partial charge in [-0.3, -0.25) is 0 Å². The summed E-state index contributed by atoms with van der Waals surface area (Å²) in [4.78, 5) is 2.29. The van der Waals surface area contributed by atoms with Crippen LogP contribution in [0.25, 0.3) is 50.4 Å². The SMILES string of the molecule is CC1(C)c2cc(F)ccc2N(c2cccc(-c3cccc(-c4ccc5oc6c(c5c4)CCC=C6)c3)c2)c2ccc(-c3ccccc3)cc21. The van der Waals surface area contributed by atoms with Gasteiger partial charge in [0.25, 0.3) is 0 Å². The summed E-state index contributed by atoms with van der Waals surface area (Å²) in [6.07, 6.45) is 6.34. The van der Waals surface area contributed by atoms with Gasteiger partial charge in [0.05, 0.1) is 11.4 Å². The zero-order chi connectivity index (χ0) is 32.4. The van der Waals surface area contributed by atoms with Crippen LogP contribution in [0.1, 0.15) is 42.7 Å². The summed E-state index contributed by atoms with van der Waals surface area (Å²) in [6.45, 7) is 4.40. The molecule has 2 nitrogen and oxygen atoms in total. The van der Waals surface area contributed by atoms with Crippen molar-refractivity contribution in [1.82, 2.24) is 0 Å². The molecular weight excluding hydrogens is 589 g/mol. The molecule has 0 saturated carbocycles. The molecule has 3 heteroatoms. The Hall–Kier alpha value is -5.67. The van der Waals surface area contributed by atoms with Crippen LogP contribution in [0, 0.1) is 5.82 Å². The van der Waals surface area contributed by atoms with Gasteiger partial charge in [0.2, 0.25) is 0 Å². The molecule has 48 heavy (non-hydrogen) atoms. The Morgan fingerprint density at radius 3 is 2.06 bits per heavy atom. The topological polar surface area (TPSA) is 16.4 Å². The highest BCUT2D eigenvalue weighted by molar-refractivity contribution is 5.91. The molecule has 9 rings (SSSR count). The second-order valence-electron chi connectivity index (χ2n) is 13.4. The van der Waals surface area contributed by atoms with Crippen molar-refractivity contribution in [3.63, 3.8) is 0 Å². The van der Waals surface area contributed by atoms with Crippen molar-refractivity contribution in [2.75, 3.05) is 4.90 Å². The Kier molecular flexibility index (Phi) is 6.52. The predicted molar refractivity (Wildman–Crippen MR) is 197 cm³/mol. The predicted octanol–water partition coefficient (Wildman–Crippen LogP) is 12.6. The molecule has 6 aromatic carbocycles. The third-order valence-electron chi connectivity index (χ3n) is 10.2. The standard InChI is InChI=1S/C45H34FNO/c1-45(2)39-27-34(29-10-4-3-5-11-29)18-21-41(39)47(42-22-20-35(46)28-40(42)45)36-15-9-14-32(25-36)30-12-8-13-31(24-30)33-19-23-44-38(26-33)37-16-6-7-17-43(37)48-44/h3-5,7-15,17-28H,6,16H2,1-2H3. The Balaban J connectivity index is 1.15. The van der Waals surface area contributed by atoms with Crippen molar-refractivity contribution in [2.24, 2.45) is 0 Å². The molecule has 1 aromatic heterocycles. The van der Waals surface area contributed by atoms with E-state index in [-0.39, 0.29) is 5.82 Å². The molecule has 0 saturated heterocycles. The van der Waals surface area contributed by atoms with Gasteiger partial charge in [0.15, 0.2) is 0 Å². The maximum absolute atomic E-state index is 14.9. The molecule has 2 aliphatic rings. The molecule has 0 radical (unpaired) electrons. The number of anilines is 3. The Morgan fingerprint density at radius 2 is 1.25 bits per heavy atom. The van der Waals surface area contributed by atoms with Crippen molar-refractivity contribution >= 4 is 34.1 Å². The van der Waals surface area contributed by atoms with Gasteiger partial charge in [-0.1, -0.05) is 92.7 Å². The normalized spacial score (nSPS) is 14.4. The average Bonchev–Trinajstić information content (AvgIpc) is 3.51. The van der Waals surface area contributed by atoms with E-state index in [1.54, 1.807) is 12.1 Å². The molecule has 0 spiro atoms. The van der Waals surface area contributed by atoms with Crippen LogP contribution in [0.15, 0.2) is 144 Å². The summed E-state index contributed by atoms with van der Waals surface area (Å²) in [5.41, 5.74) is 14.1. The first kappa shape index (κ1) is 28.5. The molecule has 0 fully saturated rings. The molecule has 0 unspecified atom stereocenters. The Morgan fingerprint density at radius 1 is 0.604 bits per heavy atom. The van der Waals surface area contributed by atoms with Gasteiger partial charge in [0, 0.05) is 22.1 Å². The summed E-state index contributed by atoms with van der Waals surface area (Å²) >= 11 is 0. The van der Waals surface area contributed by atoms with Gasteiger partial charge < -0.3 is 9.32 Å². The lowest BCUT2D eigenvalue weighted by atomic mass is 9.72. The van der Waals surface area contributed by atoms with Gasteiger partial charge in [0.1, 0.15) is 17.2 Å². The summed E-state index contributed by atoms with van der Waals surface area (Å²) in [6, 6.07) is 46.3. The number of fused-ring (bicyclic) bond motifs is 5. The van der Waals surface area contributed by atoms with E-state index in [1.807, 2.05) is 12.1 Å². The molecule has 1 aliphatic carbocycles. The minimum absolute atomic E-state index is 0.222. The minimum atomic E-state index is -0.397. The fraction of sp³-hybridized carbons (Fsp3) is 0.111. The van der Waals surface area contributed by atoms with E-state index < -0.39 is 5.41 Å². The smallest absolute Gasteiger partial charge is 0.135 e. The molecule has 0 amide bonds. The maximum atomic E-state index is 14.9. The van der Waals surface area contributed by atoms with Gasteiger partial charge in [-0.25, -0.2) is 4.39 Å². The first-order chi connectivity index (χ1) is 23.4. The van der Waals surface area contributed by atoms with Gasteiger partial charge >= 0.3 is 0 Å². The maximum Gasteiger partial charge on any atom is 0.135 e. The van der Waals surface area contributed by atoms with Crippen molar-refractivity contribution in [3.05, 3.63) is 168 Å². The molecule has 7 aromatic rings. The second kappa shape index (κ2) is 11.0. The second-order valence-corrected chi connectivity index (χ2v) is 13.4. The van der Waals surface area contributed by atoms with E-state index in [9.17, 15) is 4.39 Å². The van der Waals surface area contributed by atoms with Gasteiger partial charge in [-0.2, -0.15) is 0 Å². The lowest BCUT2D eigenvalue weighted by Crippen LogP contribution is -2.30. The highest BCUT2D eigenvalue weighted by Crippen LogP contribution is 2.53. The molecule has 0 N–H and O–H groups in total. The Bertz CT molecular complexity index is 2400. The zero-order valence-electron chi connectivity index (χ0n) is 27.0. The van der Waals surface area contributed by atoms with Crippen LogP contribution < -0.4 is 4.90 Å². The number of hydrogen-bond acceptors (Lipinski definition) is 2. The first-order valence-corrected chi connectivity index (χ1v) is 16.7. The molecule has 0 bridgehead atoms. The van der Waals surface area contributed by atoms with E-state index in [2.05, 4.69) is 140 Å². The van der Waals surface area contributed by atoms with Crippen molar-refractivity contribution in [3.8, 4) is 33.4 Å². The summed E-state index contributed by atoms with van der Waals surface area (Å²) in [7, 11) is 0. The largest absolute Gasteiger partial charge is 0.456 e. The van der Waals surface area contributed by atoms with E-state index in [0.29, 0.717) is 0 Å². The van der Waals surface area contributed by atoms with Crippen LogP contribution in [0.4, 0.5) is 21.5 Å². The fourth-order valence-corrected chi connectivity index (χ4v) is 7.66. The highest BCUT2D eigenvalue weighted by atomic mass is 19.1. The van der Waals surface area contributed by atoms with Crippen molar-refractivity contribution in [1.29, 1.82) is 0 Å².